The maximum absolute atomic E-state index is 13.4. The van der Waals surface area contributed by atoms with E-state index >= 15 is 0 Å². The second-order valence-electron chi connectivity index (χ2n) is 16.2. The minimum Gasteiger partial charge on any atom is -0.444 e. The Morgan fingerprint density at radius 3 is 1.29 bits per heavy atom. The van der Waals surface area contributed by atoms with Gasteiger partial charge in [0.15, 0.2) is 0 Å². The lowest BCUT2D eigenvalue weighted by Crippen LogP contribution is -2.51. The number of fused-ring (bicyclic) bond motifs is 2. The number of rotatable bonds is 5. The fraction of sp³-hybridized carbons (Fsp3) is 0.575. The van der Waals surface area contributed by atoms with Crippen molar-refractivity contribution in [1.29, 1.82) is 0 Å². The van der Waals surface area contributed by atoms with E-state index in [0.29, 0.717) is 45.8 Å². The van der Waals surface area contributed by atoms with E-state index in [4.69, 9.17) is 14.2 Å². The molecule has 0 atom stereocenters. The molecule has 11 nitrogen and oxygen atoms in total. The van der Waals surface area contributed by atoms with E-state index in [1.165, 1.54) is 27.1 Å². The third-order valence-corrected chi connectivity index (χ3v) is 8.40. The zero-order valence-corrected chi connectivity index (χ0v) is 32.2. The Morgan fingerprint density at radius 2 is 0.922 bits per heavy atom. The second kappa shape index (κ2) is 17.0. The van der Waals surface area contributed by atoms with Gasteiger partial charge in [0.05, 0.1) is 0 Å². The molecule has 3 amide bonds. The van der Waals surface area contributed by atoms with Crippen molar-refractivity contribution in [3.8, 4) is 0 Å². The molecule has 0 bridgehead atoms. The van der Waals surface area contributed by atoms with Crippen LogP contribution in [-0.4, -0.2) is 120 Å². The van der Waals surface area contributed by atoms with Crippen molar-refractivity contribution in [2.24, 2.45) is 0 Å². The van der Waals surface area contributed by atoms with Gasteiger partial charge in [0.2, 0.25) is 0 Å². The standard InChI is InChI=1S/C40H59N5O6/c1-38(2,3)49-35(46)43-22-20-42(19-18-41-29-34-32-16-12-10-14-30(32)28-31-15-11-13-17-33(31)34)21-23-44(36(47)50-39(4,5)6)25-27-45(26-24-43)37(48)51-40(7,8)9/h10-17,28,41H,18-27,29H2,1-9H3. The summed E-state index contributed by atoms with van der Waals surface area (Å²) in [6.45, 7) is 21.4. The first kappa shape index (κ1) is 39.7. The maximum Gasteiger partial charge on any atom is 0.410 e. The fourth-order valence-electron chi connectivity index (χ4n) is 5.95. The number of benzene rings is 3. The third kappa shape index (κ3) is 12.6. The molecule has 0 unspecified atom stereocenters. The first-order valence-electron chi connectivity index (χ1n) is 18.1. The molecule has 0 aromatic heterocycles. The van der Waals surface area contributed by atoms with Gasteiger partial charge in [-0.05, 0) is 95.5 Å². The van der Waals surface area contributed by atoms with Crippen LogP contribution in [-0.2, 0) is 20.8 Å². The Labute approximate surface area is 304 Å². The maximum atomic E-state index is 13.4. The smallest absolute Gasteiger partial charge is 0.410 e. The minimum atomic E-state index is -0.703. The van der Waals surface area contributed by atoms with Crippen LogP contribution in [0.5, 0.6) is 0 Å². The van der Waals surface area contributed by atoms with Crippen LogP contribution < -0.4 is 5.32 Å². The second-order valence-corrected chi connectivity index (χ2v) is 16.2. The molecule has 3 aromatic carbocycles. The van der Waals surface area contributed by atoms with Gasteiger partial charge in [-0.3, -0.25) is 4.90 Å². The molecule has 280 valence electrons. The van der Waals surface area contributed by atoms with Crippen molar-refractivity contribution in [3.05, 3.63) is 60.2 Å². The van der Waals surface area contributed by atoms with Crippen LogP contribution in [0, 0.1) is 0 Å². The van der Waals surface area contributed by atoms with Gasteiger partial charge in [-0.15, -0.1) is 0 Å². The molecule has 4 rings (SSSR count). The summed E-state index contributed by atoms with van der Waals surface area (Å²) in [6, 6.07) is 19.2. The number of ether oxygens (including phenoxy) is 3. The highest BCUT2D eigenvalue weighted by atomic mass is 16.6. The van der Waals surface area contributed by atoms with Gasteiger partial charge in [-0.2, -0.15) is 0 Å². The third-order valence-electron chi connectivity index (χ3n) is 8.40. The summed E-state index contributed by atoms with van der Waals surface area (Å²) in [5.41, 5.74) is -0.783. The summed E-state index contributed by atoms with van der Waals surface area (Å²) >= 11 is 0. The lowest BCUT2D eigenvalue weighted by Gasteiger charge is -2.35. The Hall–Kier alpha value is -4.09. The predicted octanol–water partition coefficient (Wildman–Crippen LogP) is 7.11. The van der Waals surface area contributed by atoms with E-state index in [2.05, 4.69) is 64.8 Å². The average molecular weight is 706 g/mol. The zero-order valence-electron chi connectivity index (χ0n) is 32.2. The van der Waals surface area contributed by atoms with Crippen LogP contribution in [0.4, 0.5) is 14.4 Å². The molecule has 1 N–H and O–H groups in total. The number of carbonyl (C=O) groups excluding carboxylic acids is 3. The van der Waals surface area contributed by atoms with E-state index in [1.807, 2.05) is 62.3 Å². The SMILES string of the molecule is CC(C)(C)OC(=O)N1CCN(CCNCc2c3ccccc3cc3ccccc23)CCN(C(=O)OC(C)(C)C)CCN(C(=O)OC(C)(C)C)CC1. The molecule has 0 saturated carbocycles. The van der Waals surface area contributed by atoms with Crippen LogP contribution in [0.2, 0.25) is 0 Å². The zero-order chi connectivity index (χ0) is 37.4. The Balaban J connectivity index is 1.53. The Morgan fingerprint density at radius 1 is 0.569 bits per heavy atom. The average Bonchev–Trinajstić information content (AvgIpc) is 3.01. The van der Waals surface area contributed by atoms with Gasteiger partial charge in [0.1, 0.15) is 16.8 Å². The molecule has 51 heavy (non-hydrogen) atoms. The summed E-state index contributed by atoms with van der Waals surface area (Å²) in [5, 5.41) is 8.57. The molecule has 1 saturated heterocycles. The van der Waals surface area contributed by atoms with Gasteiger partial charge in [-0.1, -0.05) is 48.5 Å². The topological polar surface area (TPSA) is 104 Å². The highest BCUT2D eigenvalue weighted by molar-refractivity contribution is 6.02. The van der Waals surface area contributed by atoms with Gasteiger partial charge >= 0.3 is 18.3 Å². The molecule has 0 aliphatic carbocycles. The van der Waals surface area contributed by atoms with Crippen LogP contribution in [0.25, 0.3) is 21.5 Å². The van der Waals surface area contributed by atoms with Crippen LogP contribution in [0.1, 0.15) is 67.9 Å². The minimum absolute atomic E-state index is 0.219. The summed E-state index contributed by atoms with van der Waals surface area (Å²) in [5.74, 6) is 0. The lowest BCUT2D eigenvalue weighted by atomic mass is 9.97. The van der Waals surface area contributed by atoms with Crippen molar-refractivity contribution >= 4 is 39.8 Å². The summed E-state index contributed by atoms with van der Waals surface area (Å²) in [7, 11) is 0. The normalized spacial score (nSPS) is 16.1. The quantitative estimate of drug-likeness (QED) is 0.170. The van der Waals surface area contributed by atoms with Gasteiger partial charge < -0.3 is 34.2 Å². The largest absolute Gasteiger partial charge is 0.444 e. The van der Waals surface area contributed by atoms with Crippen LogP contribution in [0.15, 0.2) is 54.6 Å². The summed E-state index contributed by atoms with van der Waals surface area (Å²) in [4.78, 5) is 47.3. The molecule has 1 heterocycles. The van der Waals surface area contributed by atoms with E-state index in [-0.39, 0.29) is 26.2 Å². The van der Waals surface area contributed by atoms with Crippen LogP contribution >= 0.6 is 0 Å². The first-order valence-corrected chi connectivity index (χ1v) is 18.1. The first-order chi connectivity index (χ1) is 23.9. The molecular weight excluding hydrogens is 646 g/mol. The lowest BCUT2D eigenvalue weighted by molar-refractivity contribution is 0.00475. The van der Waals surface area contributed by atoms with E-state index in [9.17, 15) is 14.4 Å². The van der Waals surface area contributed by atoms with Gasteiger partial charge in [0.25, 0.3) is 0 Å². The molecule has 0 spiro atoms. The number of hydrogen-bond donors (Lipinski definition) is 1. The number of amides is 3. The van der Waals surface area contributed by atoms with Gasteiger partial charge in [-0.25, -0.2) is 14.4 Å². The van der Waals surface area contributed by atoms with E-state index in [0.717, 1.165) is 0 Å². The van der Waals surface area contributed by atoms with Crippen molar-refractivity contribution in [3.63, 3.8) is 0 Å². The van der Waals surface area contributed by atoms with Crippen molar-refractivity contribution in [1.82, 2.24) is 24.9 Å². The highest BCUT2D eigenvalue weighted by Crippen LogP contribution is 2.28. The molecule has 3 aromatic rings. The number of nitrogens with zero attached hydrogens (tertiary/aromatic N) is 4. The van der Waals surface area contributed by atoms with Crippen molar-refractivity contribution in [2.75, 3.05) is 65.4 Å². The number of nitrogens with one attached hydrogen (secondary N) is 1. The fourth-order valence-corrected chi connectivity index (χ4v) is 5.95. The number of hydrogen-bond acceptors (Lipinski definition) is 8. The Kier molecular flexibility index (Phi) is 13.2. The van der Waals surface area contributed by atoms with Crippen molar-refractivity contribution in [2.45, 2.75) is 85.7 Å². The van der Waals surface area contributed by atoms with Gasteiger partial charge in [0, 0.05) is 72.0 Å². The number of carbonyl (C=O) groups is 3. The molecule has 1 fully saturated rings. The molecule has 1 aliphatic rings. The summed E-state index contributed by atoms with van der Waals surface area (Å²) < 4.78 is 17.3. The summed E-state index contributed by atoms with van der Waals surface area (Å²) in [6.07, 6.45) is -1.36. The molecule has 11 heteroatoms. The van der Waals surface area contributed by atoms with E-state index in [1.54, 1.807) is 14.7 Å². The predicted molar refractivity (Wildman–Crippen MR) is 203 cm³/mol. The molecular formula is C40H59N5O6. The molecule has 0 radical (unpaired) electrons. The monoisotopic (exact) mass is 705 g/mol. The van der Waals surface area contributed by atoms with Crippen LogP contribution in [0.3, 0.4) is 0 Å². The van der Waals surface area contributed by atoms with E-state index < -0.39 is 35.1 Å². The van der Waals surface area contributed by atoms with Crippen molar-refractivity contribution < 1.29 is 28.6 Å². The Bertz CT molecular complexity index is 1540. The molecule has 1 aliphatic heterocycles. The highest BCUT2D eigenvalue weighted by Gasteiger charge is 2.29.